The lowest BCUT2D eigenvalue weighted by molar-refractivity contribution is -0.123. The van der Waals surface area contributed by atoms with E-state index in [2.05, 4.69) is 44.4 Å². The monoisotopic (exact) mass is 479 g/mol. The van der Waals surface area contributed by atoms with Gasteiger partial charge in [0.1, 0.15) is 17.2 Å². The van der Waals surface area contributed by atoms with Crippen molar-refractivity contribution in [3.63, 3.8) is 0 Å². The van der Waals surface area contributed by atoms with E-state index in [9.17, 15) is 4.79 Å². The van der Waals surface area contributed by atoms with Crippen LogP contribution in [0.15, 0.2) is 24.4 Å². The molecule has 1 aromatic heterocycles. The number of anilines is 4. The van der Waals surface area contributed by atoms with E-state index in [-0.39, 0.29) is 11.7 Å². The van der Waals surface area contributed by atoms with Crippen LogP contribution in [0.2, 0.25) is 0 Å². The molecule has 2 N–H and O–H groups in total. The standard InChI is InChI=1S/C26H34FN7O/c1-32(2)20-9-12-33(16-20)22-8-7-18(13-21(22)27)30-25-29-15-17-14-26(10-11-28-24(26)35)34(23(17)31-25)19-5-3-4-6-19/h7-8,13,15,19-20H,3-6,9-12,14,16H2,1-2H3,(H,28,35)(H,29,30,31)/t20-,26+/m0/s1. The van der Waals surface area contributed by atoms with Crippen LogP contribution >= 0.6 is 0 Å². The summed E-state index contributed by atoms with van der Waals surface area (Å²) in [7, 11) is 4.14. The van der Waals surface area contributed by atoms with Gasteiger partial charge in [-0.25, -0.2) is 9.37 Å². The minimum Gasteiger partial charge on any atom is -0.368 e. The van der Waals surface area contributed by atoms with Crippen LogP contribution in [0.1, 0.15) is 44.1 Å². The van der Waals surface area contributed by atoms with E-state index in [1.165, 1.54) is 18.9 Å². The van der Waals surface area contributed by atoms with E-state index in [4.69, 9.17) is 4.98 Å². The third-order valence-corrected chi connectivity index (χ3v) is 8.39. The van der Waals surface area contributed by atoms with Crippen LogP contribution in [0, 0.1) is 5.82 Å². The maximum atomic E-state index is 15.1. The molecule has 1 aliphatic carbocycles. The van der Waals surface area contributed by atoms with Gasteiger partial charge in [0.25, 0.3) is 0 Å². The van der Waals surface area contributed by atoms with E-state index >= 15 is 4.39 Å². The topological polar surface area (TPSA) is 76.6 Å². The molecule has 0 unspecified atom stereocenters. The average molecular weight is 480 g/mol. The molecule has 3 aliphatic heterocycles. The van der Waals surface area contributed by atoms with Crippen molar-refractivity contribution in [3.8, 4) is 0 Å². The zero-order valence-electron chi connectivity index (χ0n) is 20.6. The van der Waals surface area contributed by atoms with Gasteiger partial charge in [0.05, 0.1) is 5.69 Å². The number of carbonyl (C=O) groups is 1. The molecule has 186 valence electrons. The average Bonchev–Trinajstić information content (AvgIpc) is 3.62. The lowest BCUT2D eigenvalue weighted by Crippen LogP contribution is -2.56. The first-order valence-corrected chi connectivity index (χ1v) is 12.9. The molecule has 1 amide bonds. The second kappa shape index (κ2) is 8.62. The number of hydrogen-bond acceptors (Lipinski definition) is 7. The molecule has 3 fully saturated rings. The number of carbonyl (C=O) groups excluding carboxylic acids is 1. The van der Waals surface area contributed by atoms with Gasteiger partial charge in [0, 0.05) is 55.6 Å². The van der Waals surface area contributed by atoms with Crippen LogP contribution in [-0.2, 0) is 11.2 Å². The van der Waals surface area contributed by atoms with Crippen molar-refractivity contribution in [2.24, 2.45) is 0 Å². The third-order valence-electron chi connectivity index (χ3n) is 8.39. The highest BCUT2D eigenvalue weighted by Gasteiger charge is 2.55. The molecular weight excluding hydrogens is 445 g/mol. The number of amides is 1. The Kier molecular flexibility index (Phi) is 5.55. The Labute approximate surface area is 205 Å². The normalized spacial score (nSPS) is 26.3. The molecule has 2 aromatic rings. The molecule has 1 spiro atoms. The zero-order valence-corrected chi connectivity index (χ0v) is 20.6. The number of aromatic nitrogens is 2. The number of halogens is 1. The highest BCUT2D eigenvalue weighted by Crippen LogP contribution is 2.46. The molecular formula is C26H34FN7O. The van der Waals surface area contributed by atoms with E-state index < -0.39 is 5.54 Å². The zero-order chi connectivity index (χ0) is 24.2. The maximum absolute atomic E-state index is 15.1. The van der Waals surface area contributed by atoms with Crippen LogP contribution in [0.3, 0.4) is 0 Å². The molecule has 35 heavy (non-hydrogen) atoms. The van der Waals surface area contributed by atoms with Gasteiger partial charge >= 0.3 is 0 Å². The maximum Gasteiger partial charge on any atom is 0.246 e. The Morgan fingerprint density at radius 3 is 2.74 bits per heavy atom. The van der Waals surface area contributed by atoms with Crippen LogP contribution < -0.4 is 20.4 Å². The Balaban J connectivity index is 1.24. The van der Waals surface area contributed by atoms with Gasteiger partial charge in [0.2, 0.25) is 11.9 Å². The molecule has 9 heteroatoms. The minimum atomic E-state index is -0.543. The van der Waals surface area contributed by atoms with Crippen molar-refractivity contribution in [3.05, 3.63) is 35.8 Å². The van der Waals surface area contributed by atoms with Crippen molar-refractivity contribution < 1.29 is 9.18 Å². The number of rotatable bonds is 5. The fraction of sp³-hybridized carbons (Fsp3) is 0.577. The molecule has 0 radical (unpaired) electrons. The Morgan fingerprint density at radius 2 is 2.06 bits per heavy atom. The van der Waals surface area contributed by atoms with E-state index in [1.807, 2.05) is 18.3 Å². The van der Waals surface area contributed by atoms with Crippen LogP contribution in [0.25, 0.3) is 0 Å². The second-order valence-corrected chi connectivity index (χ2v) is 10.7. The molecule has 2 atom stereocenters. The highest BCUT2D eigenvalue weighted by molar-refractivity contribution is 5.94. The largest absolute Gasteiger partial charge is 0.368 e. The molecule has 1 aromatic carbocycles. The fourth-order valence-corrected chi connectivity index (χ4v) is 6.49. The summed E-state index contributed by atoms with van der Waals surface area (Å²) in [6.07, 6.45) is 8.84. The first-order valence-electron chi connectivity index (χ1n) is 12.9. The Morgan fingerprint density at radius 1 is 1.23 bits per heavy atom. The number of hydrogen-bond donors (Lipinski definition) is 2. The number of likely N-dealkylation sites (N-methyl/N-ethyl adjacent to an activating group) is 1. The first-order chi connectivity index (χ1) is 16.9. The molecule has 8 nitrogen and oxygen atoms in total. The van der Waals surface area contributed by atoms with Gasteiger partial charge in [-0.3, -0.25) is 4.79 Å². The van der Waals surface area contributed by atoms with Gasteiger partial charge in [0.15, 0.2) is 0 Å². The Bertz CT molecular complexity index is 1130. The smallest absolute Gasteiger partial charge is 0.246 e. The van der Waals surface area contributed by atoms with Crippen molar-refractivity contribution in [1.82, 2.24) is 20.2 Å². The van der Waals surface area contributed by atoms with E-state index in [0.717, 1.165) is 50.2 Å². The second-order valence-electron chi connectivity index (χ2n) is 10.7. The van der Waals surface area contributed by atoms with Crippen LogP contribution in [0.5, 0.6) is 0 Å². The van der Waals surface area contributed by atoms with Gasteiger partial charge in [-0.15, -0.1) is 0 Å². The lowest BCUT2D eigenvalue weighted by Gasteiger charge is -2.38. The van der Waals surface area contributed by atoms with Crippen molar-refractivity contribution >= 4 is 29.0 Å². The summed E-state index contributed by atoms with van der Waals surface area (Å²) in [4.78, 5) is 29.0. The minimum absolute atomic E-state index is 0.105. The van der Waals surface area contributed by atoms with Crippen LogP contribution in [-0.4, -0.2) is 72.1 Å². The number of nitrogens with zero attached hydrogens (tertiary/aromatic N) is 5. The molecule has 0 bridgehead atoms. The van der Waals surface area contributed by atoms with Crippen LogP contribution in [0.4, 0.5) is 27.5 Å². The predicted molar refractivity (Wildman–Crippen MR) is 135 cm³/mol. The van der Waals surface area contributed by atoms with Gasteiger partial charge in [-0.2, -0.15) is 4.98 Å². The summed E-state index contributed by atoms with van der Waals surface area (Å²) in [5.41, 5.74) is 1.73. The van der Waals surface area contributed by atoms with Gasteiger partial charge in [-0.1, -0.05) is 12.8 Å². The summed E-state index contributed by atoms with van der Waals surface area (Å²) in [6, 6.07) is 6.02. The molecule has 4 aliphatic rings. The third kappa shape index (κ3) is 3.80. The van der Waals surface area contributed by atoms with Crippen molar-refractivity contribution in [1.29, 1.82) is 0 Å². The highest BCUT2D eigenvalue weighted by atomic mass is 19.1. The summed E-state index contributed by atoms with van der Waals surface area (Å²) in [6.45, 7) is 2.39. The number of fused-ring (bicyclic) bond motifs is 1. The van der Waals surface area contributed by atoms with Gasteiger partial charge in [-0.05, 0) is 58.0 Å². The first kappa shape index (κ1) is 22.5. The summed E-state index contributed by atoms with van der Waals surface area (Å²) < 4.78 is 15.1. The van der Waals surface area contributed by atoms with E-state index in [0.29, 0.717) is 42.4 Å². The fourth-order valence-electron chi connectivity index (χ4n) is 6.49. The number of benzene rings is 1. The lowest BCUT2D eigenvalue weighted by atomic mass is 9.91. The number of nitrogens with one attached hydrogen (secondary N) is 2. The van der Waals surface area contributed by atoms with Crippen molar-refractivity contribution in [2.75, 3.05) is 48.8 Å². The molecule has 2 saturated heterocycles. The quantitative estimate of drug-likeness (QED) is 0.683. The molecule has 1 saturated carbocycles. The summed E-state index contributed by atoms with van der Waals surface area (Å²) >= 11 is 0. The Hall–Kier alpha value is -2.94. The molecule has 4 heterocycles. The summed E-state index contributed by atoms with van der Waals surface area (Å²) in [5, 5.41) is 6.25. The van der Waals surface area contributed by atoms with E-state index in [1.54, 1.807) is 0 Å². The molecule has 6 rings (SSSR count). The van der Waals surface area contributed by atoms with Crippen molar-refractivity contribution in [2.45, 2.75) is 62.6 Å². The summed E-state index contributed by atoms with van der Waals surface area (Å²) in [5.74, 6) is 1.15. The van der Waals surface area contributed by atoms with Gasteiger partial charge < -0.3 is 25.3 Å². The predicted octanol–water partition coefficient (Wildman–Crippen LogP) is 3.06. The SMILES string of the molecule is CN(C)[C@H]1CCN(c2ccc(Nc3ncc4c(n3)N(C3CCCC3)[C@]3(CCNC3=O)C4)cc2F)C1.